The van der Waals surface area contributed by atoms with E-state index in [0.29, 0.717) is 5.92 Å². The summed E-state index contributed by atoms with van der Waals surface area (Å²) in [6.07, 6.45) is 5.53. The third-order valence-electron chi connectivity index (χ3n) is 6.16. The van der Waals surface area contributed by atoms with Crippen molar-refractivity contribution in [3.63, 3.8) is 0 Å². The number of benzene rings is 1. The van der Waals surface area contributed by atoms with Crippen molar-refractivity contribution < 1.29 is 0 Å². The van der Waals surface area contributed by atoms with Gasteiger partial charge in [-0.25, -0.2) is 4.99 Å². The Kier molecular flexibility index (Phi) is 5.38. The maximum atomic E-state index is 6.28. The lowest BCUT2D eigenvalue weighted by atomic mass is 9.89. The van der Waals surface area contributed by atoms with Crippen molar-refractivity contribution in [1.82, 2.24) is 9.80 Å². The van der Waals surface area contributed by atoms with Crippen molar-refractivity contribution in [1.29, 1.82) is 0 Å². The Morgan fingerprint density at radius 1 is 1.15 bits per heavy atom. The fraction of sp³-hybridized carbons (Fsp3) is 0.545. The standard InChI is InChI=1S/C22H29ClN4/c1-15-4-5-17-6-7-18-14-19(23)8-9-20(18)25-22(21(17)24-16(15)2)27-12-10-26(3)11-13-27/h4,8-9,14,16-17H,5-7,10-13H2,1-3H3. The van der Waals surface area contributed by atoms with Crippen LogP contribution in [0.4, 0.5) is 5.69 Å². The Hall–Kier alpha value is -1.65. The van der Waals surface area contributed by atoms with Crippen molar-refractivity contribution in [2.24, 2.45) is 15.9 Å². The summed E-state index contributed by atoms with van der Waals surface area (Å²) in [6.45, 7) is 8.55. The number of allylic oxidation sites excluding steroid dienone is 1. The number of hydrogen-bond donors (Lipinski definition) is 0. The topological polar surface area (TPSA) is 31.2 Å². The normalized spacial score (nSPS) is 26.7. The molecule has 3 aliphatic rings. The van der Waals surface area contributed by atoms with Crippen molar-refractivity contribution >= 4 is 28.8 Å². The van der Waals surface area contributed by atoms with Crippen LogP contribution in [0.1, 0.15) is 32.3 Å². The number of halogens is 1. The van der Waals surface area contributed by atoms with Crippen molar-refractivity contribution in [3.05, 3.63) is 40.4 Å². The summed E-state index contributed by atoms with van der Waals surface area (Å²) in [5.41, 5.74) is 4.88. The third kappa shape index (κ3) is 3.97. The average molecular weight is 385 g/mol. The molecular formula is C22H29ClN4. The summed E-state index contributed by atoms with van der Waals surface area (Å²) in [7, 11) is 2.19. The number of fused-ring (bicyclic) bond motifs is 2. The Labute approximate surface area is 167 Å². The van der Waals surface area contributed by atoms with E-state index in [0.717, 1.165) is 62.0 Å². The van der Waals surface area contributed by atoms with Crippen LogP contribution in [0.15, 0.2) is 39.8 Å². The van der Waals surface area contributed by atoms with E-state index in [1.54, 1.807) is 0 Å². The van der Waals surface area contributed by atoms with E-state index in [-0.39, 0.29) is 6.04 Å². The lowest BCUT2D eigenvalue weighted by molar-refractivity contribution is 0.216. The molecule has 2 unspecified atom stereocenters. The first-order valence-corrected chi connectivity index (χ1v) is 10.4. The second kappa shape index (κ2) is 7.76. The quantitative estimate of drug-likeness (QED) is 0.622. The minimum Gasteiger partial charge on any atom is -0.353 e. The van der Waals surface area contributed by atoms with Crippen molar-refractivity contribution in [2.45, 2.75) is 39.2 Å². The predicted molar refractivity (Wildman–Crippen MR) is 115 cm³/mol. The van der Waals surface area contributed by atoms with Crippen LogP contribution in [-0.2, 0) is 6.42 Å². The smallest absolute Gasteiger partial charge is 0.150 e. The summed E-state index contributed by atoms with van der Waals surface area (Å²) >= 11 is 6.28. The highest BCUT2D eigenvalue weighted by Gasteiger charge is 2.30. The van der Waals surface area contributed by atoms with Gasteiger partial charge in [-0.2, -0.15) is 0 Å². The van der Waals surface area contributed by atoms with Crippen LogP contribution in [-0.4, -0.2) is 60.6 Å². The Balaban J connectivity index is 1.81. The molecule has 1 saturated heterocycles. The first kappa shape index (κ1) is 18.7. The molecular weight excluding hydrogens is 356 g/mol. The monoisotopic (exact) mass is 384 g/mol. The van der Waals surface area contributed by atoms with Gasteiger partial charge in [0.25, 0.3) is 0 Å². The molecule has 3 heterocycles. The maximum absolute atomic E-state index is 6.28. The Bertz CT molecular complexity index is 803. The van der Waals surface area contributed by atoms with E-state index in [4.69, 9.17) is 21.6 Å². The molecule has 3 aliphatic heterocycles. The Morgan fingerprint density at radius 2 is 1.93 bits per heavy atom. The van der Waals surface area contributed by atoms with Gasteiger partial charge in [0, 0.05) is 37.1 Å². The number of hydrogen-bond acceptors (Lipinski definition) is 4. The zero-order valence-corrected chi connectivity index (χ0v) is 17.3. The van der Waals surface area contributed by atoms with Gasteiger partial charge in [0.1, 0.15) is 0 Å². The second-order valence-electron chi connectivity index (χ2n) is 8.11. The molecule has 0 saturated carbocycles. The van der Waals surface area contributed by atoms with E-state index >= 15 is 0 Å². The van der Waals surface area contributed by atoms with Gasteiger partial charge in [0.15, 0.2) is 5.84 Å². The zero-order valence-electron chi connectivity index (χ0n) is 16.6. The highest BCUT2D eigenvalue weighted by molar-refractivity contribution is 6.42. The molecule has 0 N–H and O–H groups in total. The van der Waals surface area contributed by atoms with Gasteiger partial charge in [-0.1, -0.05) is 23.3 Å². The highest BCUT2D eigenvalue weighted by atomic mass is 35.5. The Morgan fingerprint density at radius 3 is 2.70 bits per heavy atom. The molecule has 1 aromatic rings. The largest absolute Gasteiger partial charge is 0.353 e. The third-order valence-corrected chi connectivity index (χ3v) is 6.40. The fourth-order valence-corrected chi connectivity index (χ4v) is 4.33. The summed E-state index contributed by atoms with van der Waals surface area (Å²) in [5, 5.41) is 0.796. The fourth-order valence-electron chi connectivity index (χ4n) is 4.14. The predicted octanol–water partition coefficient (Wildman–Crippen LogP) is 4.36. The molecule has 2 atom stereocenters. The van der Waals surface area contributed by atoms with Crippen LogP contribution >= 0.6 is 11.6 Å². The lowest BCUT2D eigenvalue weighted by Crippen LogP contribution is -2.50. The molecule has 4 rings (SSSR count). The molecule has 144 valence electrons. The van der Waals surface area contributed by atoms with Crippen molar-refractivity contribution in [2.75, 3.05) is 33.2 Å². The van der Waals surface area contributed by atoms with Crippen LogP contribution < -0.4 is 0 Å². The number of piperazine rings is 1. The van der Waals surface area contributed by atoms with Gasteiger partial charge in [-0.05, 0) is 63.9 Å². The van der Waals surface area contributed by atoms with Crippen LogP contribution in [0.3, 0.4) is 0 Å². The van der Waals surface area contributed by atoms with Crippen molar-refractivity contribution in [3.8, 4) is 0 Å². The number of aliphatic imine (C=N–C) groups is 2. The summed E-state index contributed by atoms with van der Waals surface area (Å²) in [5.74, 6) is 1.52. The molecule has 0 spiro atoms. The van der Waals surface area contributed by atoms with Crippen LogP contribution in [0.5, 0.6) is 0 Å². The van der Waals surface area contributed by atoms with Gasteiger partial charge >= 0.3 is 0 Å². The molecule has 0 radical (unpaired) electrons. The number of rotatable bonds is 0. The minimum absolute atomic E-state index is 0.228. The van der Waals surface area contributed by atoms with E-state index in [1.807, 2.05) is 6.07 Å². The number of amidine groups is 1. The molecule has 4 nitrogen and oxygen atoms in total. The van der Waals surface area contributed by atoms with Gasteiger partial charge in [-0.15, -0.1) is 0 Å². The van der Waals surface area contributed by atoms with Gasteiger partial charge in [0.2, 0.25) is 0 Å². The number of likely N-dealkylation sites (N-methyl/N-ethyl adjacent to an activating group) is 1. The summed E-state index contributed by atoms with van der Waals surface area (Å²) in [6, 6.07) is 6.34. The molecule has 0 bridgehead atoms. The van der Waals surface area contributed by atoms with Gasteiger partial charge < -0.3 is 9.80 Å². The molecule has 0 amide bonds. The van der Waals surface area contributed by atoms with E-state index in [9.17, 15) is 0 Å². The van der Waals surface area contributed by atoms with E-state index in [1.165, 1.54) is 16.8 Å². The SMILES string of the molecule is CC1=CCC2CCc3cc(Cl)ccc3N=C(N3CCN(C)CC3)C2=NC1C. The first-order chi connectivity index (χ1) is 13.0. The minimum atomic E-state index is 0.228. The number of nitrogens with zero attached hydrogens (tertiary/aromatic N) is 4. The summed E-state index contributed by atoms with van der Waals surface area (Å²) in [4.78, 5) is 15.2. The van der Waals surface area contributed by atoms with Gasteiger partial charge in [0.05, 0.1) is 17.4 Å². The molecule has 5 heteroatoms. The zero-order chi connectivity index (χ0) is 19.0. The molecule has 0 aliphatic carbocycles. The van der Waals surface area contributed by atoms with Crippen LogP contribution in [0, 0.1) is 5.92 Å². The molecule has 0 aromatic heterocycles. The summed E-state index contributed by atoms with van der Waals surface area (Å²) < 4.78 is 0. The molecule has 1 fully saturated rings. The highest BCUT2D eigenvalue weighted by Crippen LogP contribution is 2.32. The lowest BCUT2D eigenvalue weighted by Gasteiger charge is -2.37. The molecule has 27 heavy (non-hydrogen) atoms. The maximum Gasteiger partial charge on any atom is 0.150 e. The molecule has 1 aromatic carbocycles. The second-order valence-corrected chi connectivity index (χ2v) is 8.54. The van der Waals surface area contributed by atoms with Crippen LogP contribution in [0.2, 0.25) is 5.02 Å². The van der Waals surface area contributed by atoms with Crippen LogP contribution in [0.25, 0.3) is 0 Å². The first-order valence-electron chi connectivity index (χ1n) is 10.1. The van der Waals surface area contributed by atoms with Gasteiger partial charge in [-0.3, -0.25) is 4.99 Å². The van der Waals surface area contributed by atoms with E-state index < -0.39 is 0 Å². The number of aryl methyl sites for hydroxylation is 1. The average Bonchev–Trinajstić information content (AvgIpc) is 2.78. The van der Waals surface area contributed by atoms with E-state index in [2.05, 4.69) is 48.9 Å².